The fourth-order valence-electron chi connectivity index (χ4n) is 7.83. The fourth-order valence-corrected chi connectivity index (χ4v) is 8.92. The molecule has 1 saturated heterocycles. The van der Waals surface area contributed by atoms with Crippen molar-refractivity contribution in [2.75, 3.05) is 29.6 Å². The van der Waals surface area contributed by atoms with Crippen molar-refractivity contribution < 1.29 is 87.3 Å². The maximum Gasteiger partial charge on any atom is 1.00 e. The first kappa shape index (κ1) is 70.7. The number of para-hydroxylation sites is 1. The van der Waals surface area contributed by atoms with E-state index in [2.05, 4.69) is 88.7 Å². The molecule has 0 spiro atoms. The Kier molecular flexibility index (Phi) is 27.9. The minimum absolute atomic E-state index is 0. The Labute approximate surface area is 555 Å². The van der Waals surface area contributed by atoms with Crippen molar-refractivity contribution in [2.24, 2.45) is 0 Å². The number of ether oxygens (including phenoxy) is 1. The van der Waals surface area contributed by atoms with Gasteiger partial charge in [0.2, 0.25) is 0 Å². The number of nitrogens with zero attached hydrogens (tertiary/aromatic N) is 7. The van der Waals surface area contributed by atoms with E-state index in [1.807, 2.05) is 42.5 Å². The Balaban J connectivity index is 0.000000200. The maximum absolute atomic E-state index is 12.8. The zero-order valence-electron chi connectivity index (χ0n) is 46.7. The average molecular weight is 1410 g/mol. The zero-order chi connectivity index (χ0) is 61.0. The standard InChI is InChI=1S/C19H12BrN3O2.C14H8BrNO3.C8H4BrNO2.C6H5N3O.C6H6O2.C5H6N2.C4H8O.CH4.Na.H2O/c20-12-5-6-16-14(9-12)15(10-17(23-16)18-4-2-8-25-18)19(24)22-13-3-1-7-21-11-13;15-8-3-4-11-9(6-8)10(14(17)18)7-12(16-11)13-2-1-5-19-13;9-4-1-2-6-5(3-4)7(11)8(12)10-6;10-9-6-4-2-1-3-5(6)7-8-9;1-5(7)6-3-2-4-8-6;6-5-2-1-3-7-4-5;1-2-4-5-3-1;;;/h1-11H,(H,22,24);1-7H,(H,17,18);1-3H,(H,10,11,12);1-4,10H;2-4H,1H3;1-4H,6H2;1-4H2;1H4;;1H2/q;;;;;;;;+1;/p-1. The van der Waals surface area contributed by atoms with Crippen molar-refractivity contribution in [1.82, 2.24) is 35.1 Å². The molecule has 22 nitrogen and oxygen atoms in total. The predicted molar refractivity (Wildman–Crippen MR) is 341 cm³/mol. The van der Waals surface area contributed by atoms with Crippen LogP contribution in [0.15, 0.2) is 222 Å². The topological polar surface area (TPSA) is 337 Å². The van der Waals surface area contributed by atoms with Crippen LogP contribution in [0.3, 0.4) is 0 Å². The Morgan fingerprint density at radius 2 is 1.21 bits per heavy atom. The number of fused-ring (bicyclic) bond motifs is 4. The number of carbonyl (C=O) groups is 5. The quantitative estimate of drug-likeness (QED) is 0.0447. The van der Waals surface area contributed by atoms with Crippen LogP contribution in [-0.4, -0.2) is 93.4 Å². The van der Waals surface area contributed by atoms with Gasteiger partial charge in [-0.2, -0.15) is 0 Å². The molecule has 0 aliphatic carbocycles. The molecule has 0 unspecified atom stereocenters. The summed E-state index contributed by atoms with van der Waals surface area (Å²) in [6.45, 7) is 3.47. The number of hydrogen-bond donors (Lipinski definition) is 5. The summed E-state index contributed by atoms with van der Waals surface area (Å²) in [6.07, 6.45) is 13.7. The number of pyridine rings is 4. The van der Waals surface area contributed by atoms with Gasteiger partial charge in [0.25, 0.3) is 17.6 Å². The van der Waals surface area contributed by atoms with Crippen LogP contribution in [0.2, 0.25) is 0 Å². The number of aromatic carboxylic acids is 1. The van der Waals surface area contributed by atoms with Crippen LogP contribution in [0.25, 0.3) is 55.7 Å². The van der Waals surface area contributed by atoms with E-state index in [0.29, 0.717) is 84.3 Å². The number of hydrogen-bond acceptors (Lipinski definition) is 18. The van der Waals surface area contributed by atoms with E-state index in [4.69, 9.17) is 28.9 Å². The second-order valence-corrected chi connectivity index (χ2v) is 20.7. The number of furan rings is 3. The number of carbonyl (C=O) groups excluding carboxylic acids is 4. The summed E-state index contributed by atoms with van der Waals surface area (Å²) in [6, 6.07) is 44.1. The number of halogens is 3. The van der Waals surface area contributed by atoms with Crippen LogP contribution in [0.1, 0.15) is 68.8 Å². The molecule has 450 valence electrons. The molecule has 0 bridgehead atoms. The number of aromatic nitrogens is 7. The van der Waals surface area contributed by atoms with Gasteiger partial charge in [-0.25, -0.2) is 14.8 Å². The van der Waals surface area contributed by atoms with E-state index in [1.165, 1.54) is 38.4 Å². The molecule has 1 fully saturated rings. The molecule has 0 radical (unpaired) electrons. The van der Waals surface area contributed by atoms with Crippen LogP contribution in [-0.2, 0) is 9.53 Å². The number of carboxylic acids is 1. The molecule has 10 heterocycles. The molecule has 2 amide bonds. The van der Waals surface area contributed by atoms with Crippen molar-refractivity contribution in [2.45, 2.75) is 27.2 Å². The van der Waals surface area contributed by atoms with E-state index in [9.17, 15) is 29.1 Å². The normalized spacial score (nSPS) is 11.3. The van der Waals surface area contributed by atoms with Crippen LogP contribution in [0.4, 0.5) is 17.1 Å². The molecule has 26 heteroatoms. The Morgan fingerprint density at radius 3 is 1.70 bits per heavy atom. The van der Waals surface area contributed by atoms with Crippen molar-refractivity contribution in [1.29, 1.82) is 0 Å². The Morgan fingerprint density at radius 1 is 0.652 bits per heavy atom. The van der Waals surface area contributed by atoms with Crippen molar-refractivity contribution in [3.8, 4) is 22.9 Å². The van der Waals surface area contributed by atoms with E-state index in [0.717, 1.165) is 36.9 Å². The Hall–Kier alpha value is -9.05. The van der Waals surface area contributed by atoms with Gasteiger partial charge in [-0.3, -0.25) is 29.1 Å². The number of rotatable bonds is 6. The Bertz CT molecular complexity index is 4250. The summed E-state index contributed by atoms with van der Waals surface area (Å²) >= 11 is 10.0. The summed E-state index contributed by atoms with van der Waals surface area (Å²) in [5, 5.41) is 32.1. The van der Waals surface area contributed by atoms with Crippen LogP contribution >= 0.6 is 47.8 Å². The number of nitrogen functional groups attached to an aromatic ring is 1. The molecule has 7 N–H and O–H groups in total. The summed E-state index contributed by atoms with van der Waals surface area (Å²) in [4.78, 5) is 74.2. The SMILES string of the molecule is C.C1CCOC1.CC(=O)c1ccco1.Nc1cccnc1.O=C(Nc1cccnc1)c1cc(-c2ccco2)nc2ccc(Br)cc12.O=C(O)c1cc(-c2ccco2)nc2ccc(Br)cc12.O=C1Nc2ccc(Br)cc2C1=O.On1nnc2ccccc21.[Na+].[OH-]. The number of carboxylic acid groups (broad SMARTS) is 1. The van der Waals surface area contributed by atoms with Gasteiger partial charge in [0.05, 0.1) is 69.8 Å². The molecular weight excluding hydrogens is 1350 g/mol. The number of anilines is 3. The largest absolute Gasteiger partial charge is 1.00 e. The summed E-state index contributed by atoms with van der Waals surface area (Å²) in [5.74, 6) is -0.688. The maximum atomic E-state index is 12.8. The van der Waals surface area contributed by atoms with E-state index in [1.54, 1.807) is 134 Å². The molecule has 89 heavy (non-hydrogen) atoms. The number of Topliss-reactive ketones (excluding diaryl/α,β-unsaturated/α-hetero) is 2. The second kappa shape index (κ2) is 35.1. The summed E-state index contributed by atoms with van der Waals surface area (Å²) < 4.78 is 22.9. The van der Waals surface area contributed by atoms with Gasteiger partial charge in [-0.05, 0) is 158 Å². The third-order valence-corrected chi connectivity index (χ3v) is 13.4. The summed E-state index contributed by atoms with van der Waals surface area (Å²) in [7, 11) is 0. The molecule has 4 aromatic carbocycles. The zero-order valence-corrected chi connectivity index (χ0v) is 53.4. The van der Waals surface area contributed by atoms with Crippen molar-refractivity contribution in [3.05, 3.63) is 231 Å². The molecule has 2 aliphatic heterocycles. The third kappa shape index (κ3) is 20.2. The second-order valence-electron chi connectivity index (χ2n) is 18.0. The number of nitrogens with one attached hydrogen (secondary N) is 2. The first-order valence-electron chi connectivity index (χ1n) is 25.8. The van der Waals surface area contributed by atoms with Gasteiger partial charge < -0.3 is 50.1 Å². The molecular formula is C63H54Br3N10NaO12. The van der Waals surface area contributed by atoms with Gasteiger partial charge in [0.1, 0.15) is 22.4 Å². The minimum Gasteiger partial charge on any atom is -0.870 e. The third-order valence-electron chi connectivity index (χ3n) is 11.9. The molecule has 0 saturated carbocycles. The van der Waals surface area contributed by atoms with Crippen molar-refractivity contribution >= 4 is 127 Å². The van der Waals surface area contributed by atoms with Gasteiger partial charge in [-0.15, -0.1) is 5.10 Å². The molecule has 8 aromatic heterocycles. The number of benzene rings is 4. The number of amides is 2. The number of ketones is 2. The average Bonchev–Trinajstić information content (AvgIpc) is 1.77. The van der Waals surface area contributed by atoms with E-state index >= 15 is 0 Å². The van der Waals surface area contributed by atoms with Gasteiger partial charge in [-0.1, -0.05) is 72.2 Å². The van der Waals surface area contributed by atoms with Gasteiger partial charge in [0, 0.05) is 62.9 Å². The molecule has 12 aromatic rings. The van der Waals surface area contributed by atoms with Crippen LogP contribution < -0.4 is 45.9 Å². The van der Waals surface area contributed by atoms with E-state index < -0.39 is 17.7 Å². The fraction of sp³-hybridized carbons (Fsp3) is 0.0952. The molecule has 2 aliphatic rings. The first-order chi connectivity index (χ1) is 41.6. The van der Waals surface area contributed by atoms with Crippen molar-refractivity contribution in [3.63, 3.8) is 0 Å². The van der Waals surface area contributed by atoms with Crippen LogP contribution in [0.5, 0.6) is 0 Å². The predicted octanol–water partition coefficient (Wildman–Crippen LogP) is 11.5. The van der Waals surface area contributed by atoms with Gasteiger partial charge in [0.15, 0.2) is 23.1 Å². The molecule has 14 rings (SSSR count). The first-order valence-corrected chi connectivity index (χ1v) is 28.2. The number of nitrogens with two attached hydrogens (primary N) is 1. The minimum atomic E-state index is -0.988. The van der Waals surface area contributed by atoms with Gasteiger partial charge >= 0.3 is 35.5 Å². The summed E-state index contributed by atoms with van der Waals surface area (Å²) in [5.41, 5.74) is 12.2. The van der Waals surface area contributed by atoms with E-state index in [-0.39, 0.29) is 59.7 Å². The monoisotopic (exact) mass is 1400 g/mol. The smallest absolute Gasteiger partial charge is 0.870 e. The molecule has 0 atom stereocenters. The van der Waals surface area contributed by atoms with Crippen LogP contribution in [0, 0.1) is 0 Å².